The number of furan rings is 1. The van der Waals surface area contributed by atoms with E-state index in [0.29, 0.717) is 29.6 Å². The topological polar surface area (TPSA) is 53.8 Å². The van der Waals surface area contributed by atoms with E-state index in [1.165, 1.54) is 32.1 Å². The smallest absolute Gasteiger partial charge is 0.230 e. The van der Waals surface area contributed by atoms with Crippen molar-refractivity contribution < 1.29 is 14.0 Å². The van der Waals surface area contributed by atoms with E-state index in [-0.39, 0.29) is 5.91 Å². The van der Waals surface area contributed by atoms with E-state index in [9.17, 15) is 9.59 Å². The van der Waals surface area contributed by atoms with Crippen molar-refractivity contribution in [1.29, 1.82) is 0 Å². The lowest BCUT2D eigenvalue weighted by molar-refractivity contribution is -0.133. The molecule has 5 heteroatoms. The van der Waals surface area contributed by atoms with Crippen LogP contribution in [0.1, 0.15) is 44.3 Å². The third-order valence-electron chi connectivity index (χ3n) is 7.51. The number of carbonyl (C=O) groups is 2. The van der Waals surface area contributed by atoms with Gasteiger partial charge in [-0.3, -0.25) is 9.59 Å². The maximum Gasteiger partial charge on any atom is 0.230 e. The number of fused-ring (bicyclic) bond motifs is 3. The van der Waals surface area contributed by atoms with Crippen LogP contribution in [-0.4, -0.2) is 47.8 Å². The first-order valence-corrected chi connectivity index (χ1v) is 10.2. The Hall–Kier alpha value is -1.78. The molecule has 4 fully saturated rings. The highest BCUT2D eigenvalue weighted by Crippen LogP contribution is 2.56. The van der Waals surface area contributed by atoms with Gasteiger partial charge in [-0.2, -0.15) is 0 Å². The van der Waals surface area contributed by atoms with E-state index >= 15 is 0 Å². The molecule has 4 aliphatic rings. The van der Waals surface area contributed by atoms with E-state index in [0.717, 1.165) is 44.3 Å². The van der Waals surface area contributed by atoms with Gasteiger partial charge in [0.1, 0.15) is 5.76 Å². The molecule has 2 bridgehead atoms. The van der Waals surface area contributed by atoms with Crippen LogP contribution in [-0.2, 0) is 16.0 Å². The number of amides is 2. The molecule has 5 rings (SSSR count). The molecule has 0 aromatic carbocycles. The Morgan fingerprint density at radius 3 is 2.23 bits per heavy atom. The van der Waals surface area contributed by atoms with Crippen molar-refractivity contribution >= 4 is 11.8 Å². The summed E-state index contributed by atoms with van der Waals surface area (Å²) in [4.78, 5) is 29.4. The van der Waals surface area contributed by atoms with Crippen LogP contribution in [0.15, 0.2) is 22.8 Å². The van der Waals surface area contributed by atoms with Gasteiger partial charge in [-0.1, -0.05) is 0 Å². The Morgan fingerprint density at radius 2 is 1.69 bits per heavy atom. The summed E-state index contributed by atoms with van der Waals surface area (Å²) in [7, 11) is 0. The van der Waals surface area contributed by atoms with Crippen LogP contribution in [0, 0.1) is 23.2 Å². The minimum absolute atomic E-state index is 0.147. The highest BCUT2D eigenvalue weighted by molar-refractivity contribution is 5.79. The molecule has 0 N–H and O–H groups in total. The van der Waals surface area contributed by atoms with Crippen molar-refractivity contribution in [2.45, 2.75) is 44.9 Å². The maximum absolute atomic E-state index is 12.9. The molecule has 140 valence electrons. The van der Waals surface area contributed by atoms with Crippen molar-refractivity contribution in [3.8, 4) is 0 Å². The SMILES string of the molecule is O=C(Cc1ccco1)N1C[C@@H]2CN(C(=O)CC34CCC(CC3)C4)C[C@@H]2C1. The van der Waals surface area contributed by atoms with Crippen molar-refractivity contribution in [2.75, 3.05) is 26.2 Å². The predicted molar refractivity (Wildman–Crippen MR) is 96.2 cm³/mol. The lowest BCUT2D eigenvalue weighted by atomic mass is 9.81. The zero-order valence-corrected chi connectivity index (χ0v) is 15.4. The standard InChI is InChI=1S/C21H28N2O3/c24-19(8-18-2-1-7-26-18)22-11-16-13-23(14-17(16)12-22)20(25)10-21-5-3-15(9-21)4-6-21/h1-2,7,15-17H,3-6,8-14H2/t15?,16-,17+,21?. The summed E-state index contributed by atoms with van der Waals surface area (Å²) in [6, 6.07) is 3.67. The number of rotatable bonds is 4. The van der Waals surface area contributed by atoms with Gasteiger partial charge in [0.05, 0.1) is 12.7 Å². The number of nitrogens with zero attached hydrogens (tertiary/aromatic N) is 2. The minimum atomic E-state index is 0.147. The Labute approximate surface area is 154 Å². The molecule has 0 spiro atoms. The summed E-state index contributed by atoms with van der Waals surface area (Å²) in [5.41, 5.74) is 0.338. The lowest BCUT2D eigenvalue weighted by Crippen LogP contribution is -2.37. The van der Waals surface area contributed by atoms with Crippen LogP contribution in [0.25, 0.3) is 0 Å². The van der Waals surface area contributed by atoms with Gasteiger partial charge in [-0.05, 0) is 55.6 Å². The maximum atomic E-state index is 12.9. The van der Waals surface area contributed by atoms with Gasteiger partial charge in [0.25, 0.3) is 0 Å². The second kappa shape index (κ2) is 6.14. The Balaban J connectivity index is 1.14. The number of hydrogen-bond acceptors (Lipinski definition) is 3. The van der Waals surface area contributed by atoms with E-state index in [4.69, 9.17) is 4.42 Å². The average Bonchev–Trinajstić information content (AvgIpc) is 3.39. The van der Waals surface area contributed by atoms with Gasteiger partial charge in [0.2, 0.25) is 11.8 Å². The molecule has 2 aliphatic heterocycles. The van der Waals surface area contributed by atoms with Gasteiger partial charge in [0.15, 0.2) is 0 Å². The molecule has 1 aromatic heterocycles. The normalized spacial score (nSPS) is 35.3. The third kappa shape index (κ3) is 2.85. The Kier molecular flexibility index (Phi) is 3.87. The van der Waals surface area contributed by atoms with Crippen LogP contribution < -0.4 is 0 Å². The molecule has 26 heavy (non-hydrogen) atoms. The van der Waals surface area contributed by atoms with Gasteiger partial charge in [0, 0.05) is 44.4 Å². The average molecular weight is 356 g/mol. The fourth-order valence-corrected chi connectivity index (χ4v) is 6.07. The number of carbonyl (C=O) groups excluding carboxylic acids is 2. The van der Waals surface area contributed by atoms with E-state index in [1.54, 1.807) is 6.26 Å². The van der Waals surface area contributed by atoms with Gasteiger partial charge >= 0.3 is 0 Å². The van der Waals surface area contributed by atoms with Crippen molar-refractivity contribution in [3.63, 3.8) is 0 Å². The summed E-state index contributed by atoms with van der Waals surface area (Å²) in [5, 5.41) is 0. The Morgan fingerprint density at radius 1 is 1.04 bits per heavy atom. The first-order chi connectivity index (χ1) is 12.6. The fraction of sp³-hybridized carbons (Fsp3) is 0.714. The third-order valence-corrected chi connectivity index (χ3v) is 7.51. The minimum Gasteiger partial charge on any atom is -0.469 e. The fourth-order valence-electron chi connectivity index (χ4n) is 6.07. The van der Waals surface area contributed by atoms with Crippen molar-refractivity contribution in [2.24, 2.45) is 23.2 Å². The molecule has 1 aromatic rings. The van der Waals surface area contributed by atoms with Crippen LogP contribution in [0.5, 0.6) is 0 Å². The lowest BCUT2D eigenvalue weighted by Gasteiger charge is -2.29. The molecule has 5 nitrogen and oxygen atoms in total. The molecular formula is C21H28N2O3. The number of hydrogen-bond donors (Lipinski definition) is 0. The summed E-state index contributed by atoms with van der Waals surface area (Å²) in [5.74, 6) is 3.06. The summed E-state index contributed by atoms with van der Waals surface area (Å²) in [6.07, 6.45) is 9.22. The molecule has 0 unspecified atom stereocenters. The molecule has 2 saturated carbocycles. The first-order valence-electron chi connectivity index (χ1n) is 10.2. The highest BCUT2D eigenvalue weighted by atomic mass is 16.3. The molecule has 0 radical (unpaired) electrons. The van der Waals surface area contributed by atoms with Crippen LogP contribution in [0.3, 0.4) is 0 Å². The van der Waals surface area contributed by atoms with Crippen LogP contribution in [0.2, 0.25) is 0 Å². The summed E-state index contributed by atoms with van der Waals surface area (Å²) < 4.78 is 5.29. The summed E-state index contributed by atoms with van der Waals surface area (Å²) >= 11 is 0. The van der Waals surface area contributed by atoms with E-state index in [1.807, 2.05) is 17.0 Å². The van der Waals surface area contributed by atoms with Crippen molar-refractivity contribution in [3.05, 3.63) is 24.2 Å². The summed E-state index contributed by atoms with van der Waals surface area (Å²) in [6.45, 7) is 3.27. The molecule has 2 aliphatic carbocycles. The number of likely N-dealkylation sites (tertiary alicyclic amines) is 2. The van der Waals surface area contributed by atoms with E-state index in [2.05, 4.69) is 4.90 Å². The molecule has 3 heterocycles. The van der Waals surface area contributed by atoms with Gasteiger partial charge in [-0.25, -0.2) is 0 Å². The predicted octanol–water partition coefficient (Wildman–Crippen LogP) is 2.71. The second-order valence-corrected chi connectivity index (χ2v) is 9.20. The van der Waals surface area contributed by atoms with E-state index < -0.39 is 0 Å². The zero-order valence-electron chi connectivity index (χ0n) is 15.4. The van der Waals surface area contributed by atoms with Gasteiger partial charge < -0.3 is 14.2 Å². The molecule has 2 atom stereocenters. The highest BCUT2D eigenvalue weighted by Gasteiger charge is 2.48. The molecule has 2 saturated heterocycles. The van der Waals surface area contributed by atoms with Gasteiger partial charge in [-0.15, -0.1) is 0 Å². The molecular weight excluding hydrogens is 328 g/mol. The van der Waals surface area contributed by atoms with Crippen LogP contribution >= 0.6 is 0 Å². The molecule has 2 amide bonds. The largest absolute Gasteiger partial charge is 0.469 e. The quantitative estimate of drug-likeness (QED) is 0.833. The second-order valence-electron chi connectivity index (χ2n) is 9.20. The first kappa shape index (κ1) is 16.4. The van der Waals surface area contributed by atoms with Crippen molar-refractivity contribution in [1.82, 2.24) is 9.80 Å². The monoisotopic (exact) mass is 356 g/mol. The zero-order chi connectivity index (χ0) is 17.7. The van der Waals surface area contributed by atoms with Crippen LogP contribution in [0.4, 0.5) is 0 Å². The Bertz CT molecular complexity index is 676.